The zero-order chi connectivity index (χ0) is 19.1. The largest absolute Gasteiger partial charge is 0.388 e. The zero-order valence-corrected chi connectivity index (χ0v) is 16.0. The van der Waals surface area contributed by atoms with Gasteiger partial charge in [-0.25, -0.2) is 4.39 Å². The molecule has 3 nitrogen and oxygen atoms in total. The number of nitrogens with zero attached hydrogens (tertiary/aromatic N) is 2. The van der Waals surface area contributed by atoms with E-state index in [9.17, 15) is 4.39 Å². The van der Waals surface area contributed by atoms with Crippen LogP contribution < -0.4 is 10.2 Å². The number of rotatable bonds is 6. The van der Waals surface area contributed by atoms with E-state index in [1.165, 1.54) is 11.3 Å². The van der Waals surface area contributed by atoms with Crippen molar-refractivity contribution >= 4 is 23.3 Å². The second-order valence-corrected chi connectivity index (χ2v) is 6.52. The third-order valence-corrected chi connectivity index (χ3v) is 4.77. The van der Waals surface area contributed by atoms with Crippen LogP contribution in [0.4, 0.5) is 15.8 Å². The van der Waals surface area contributed by atoms with Crippen LogP contribution >= 0.6 is 0 Å². The molecule has 2 aromatic carbocycles. The lowest BCUT2D eigenvalue weighted by atomic mass is 9.97. The predicted octanol–water partition coefficient (Wildman–Crippen LogP) is 5.06. The lowest BCUT2D eigenvalue weighted by Crippen LogP contribution is -2.25. The van der Waals surface area contributed by atoms with Gasteiger partial charge in [0.25, 0.3) is 0 Å². The fourth-order valence-corrected chi connectivity index (χ4v) is 3.43. The van der Waals surface area contributed by atoms with Crippen LogP contribution in [0.3, 0.4) is 0 Å². The molecule has 4 heteroatoms. The summed E-state index contributed by atoms with van der Waals surface area (Å²) in [5.74, 6) is 0. The van der Waals surface area contributed by atoms with Gasteiger partial charge in [-0.2, -0.15) is 0 Å². The molecule has 0 aromatic heterocycles. The lowest BCUT2D eigenvalue weighted by Gasteiger charge is -2.32. The van der Waals surface area contributed by atoms with Gasteiger partial charge in [0.1, 0.15) is 6.67 Å². The van der Waals surface area contributed by atoms with E-state index in [-0.39, 0.29) is 0 Å². The first-order chi connectivity index (χ1) is 13.3. The van der Waals surface area contributed by atoms with Crippen LogP contribution in [0.2, 0.25) is 0 Å². The maximum absolute atomic E-state index is 13.1. The summed E-state index contributed by atoms with van der Waals surface area (Å²) in [5.41, 5.74) is 6.48. The van der Waals surface area contributed by atoms with Gasteiger partial charge < -0.3 is 10.2 Å². The number of aliphatic imine (C=N–C) groups is 1. The van der Waals surface area contributed by atoms with E-state index in [4.69, 9.17) is 0 Å². The molecule has 0 unspecified atom stereocenters. The molecular formula is C23H26FN3. The first kappa shape index (κ1) is 18.9. The topological polar surface area (TPSA) is 27.6 Å². The van der Waals surface area contributed by atoms with Crippen LogP contribution in [0.1, 0.15) is 23.1 Å². The van der Waals surface area contributed by atoms with E-state index in [2.05, 4.69) is 39.5 Å². The number of alkyl halides is 1. The summed E-state index contributed by atoms with van der Waals surface area (Å²) in [6.45, 7) is 0.506. The quantitative estimate of drug-likeness (QED) is 0.574. The second kappa shape index (κ2) is 9.17. The lowest BCUT2D eigenvalue weighted by molar-refractivity contribution is 0.485. The molecule has 1 N–H and O–H groups in total. The predicted molar refractivity (Wildman–Crippen MR) is 114 cm³/mol. The van der Waals surface area contributed by atoms with Crippen molar-refractivity contribution < 1.29 is 4.39 Å². The van der Waals surface area contributed by atoms with E-state index in [1.54, 1.807) is 13.3 Å². The summed E-state index contributed by atoms with van der Waals surface area (Å²) >= 11 is 0. The van der Waals surface area contributed by atoms with Crippen molar-refractivity contribution in [3.05, 3.63) is 77.4 Å². The summed E-state index contributed by atoms with van der Waals surface area (Å²) < 4.78 is 13.1. The van der Waals surface area contributed by atoms with Gasteiger partial charge in [0, 0.05) is 43.9 Å². The third kappa shape index (κ3) is 4.45. The summed E-state index contributed by atoms with van der Waals surface area (Å²) in [6, 6.07) is 14.4. The van der Waals surface area contributed by atoms with Crippen LogP contribution in [-0.2, 0) is 13.1 Å². The number of halogens is 1. The van der Waals surface area contributed by atoms with E-state index in [0.717, 1.165) is 36.3 Å². The SMILES string of the molecule is CN=CC=CC=C(NC)c1ccc2c(c1)N(c1cccc(CF)c1)CCC2. The van der Waals surface area contributed by atoms with E-state index < -0.39 is 6.67 Å². The highest BCUT2D eigenvalue weighted by molar-refractivity contribution is 5.76. The number of anilines is 2. The fraction of sp³-hybridized carbons (Fsp3) is 0.261. The van der Waals surface area contributed by atoms with Crippen LogP contribution in [0.25, 0.3) is 5.70 Å². The van der Waals surface area contributed by atoms with Gasteiger partial charge in [-0.3, -0.25) is 4.99 Å². The normalized spacial score (nSPS) is 14.8. The zero-order valence-electron chi connectivity index (χ0n) is 16.0. The molecule has 3 rings (SSSR count). The Bertz CT molecular complexity index is 868. The van der Waals surface area contributed by atoms with Crippen molar-refractivity contribution in [2.24, 2.45) is 4.99 Å². The number of hydrogen-bond acceptors (Lipinski definition) is 3. The molecule has 0 spiro atoms. The number of aryl methyl sites for hydroxylation is 1. The molecule has 0 bridgehead atoms. The Kier molecular flexibility index (Phi) is 6.42. The Hall–Kier alpha value is -2.88. The highest BCUT2D eigenvalue weighted by atomic mass is 19.1. The minimum atomic E-state index is -0.436. The van der Waals surface area contributed by atoms with E-state index >= 15 is 0 Å². The second-order valence-electron chi connectivity index (χ2n) is 6.52. The summed E-state index contributed by atoms with van der Waals surface area (Å²) in [7, 11) is 3.68. The molecule has 0 saturated carbocycles. The Morgan fingerprint density at radius 3 is 2.89 bits per heavy atom. The average molecular weight is 363 g/mol. The fourth-order valence-electron chi connectivity index (χ4n) is 3.43. The standard InChI is InChI=1S/C23H26FN3/c1-25-13-4-3-10-22(26-2)20-12-11-19-8-6-14-27(23(19)16-20)21-9-5-7-18(15-21)17-24/h3-5,7,9-13,15-16,26H,6,8,14,17H2,1-2H3. The van der Waals surface area contributed by atoms with Gasteiger partial charge in [-0.1, -0.05) is 30.3 Å². The van der Waals surface area contributed by atoms with Gasteiger partial charge >= 0.3 is 0 Å². The van der Waals surface area contributed by atoms with Crippen LogP contribution in [0, 0.1) is 0 Å². The molecule has 0 amide bonds. The monoisotopic (exact) mass is 363 g/mol. The van der Waals surface area contributed by atoms with Crippen molar-refractivity contribution in [3.63, 3.8) is 0 Å². The molecule has 0 saturated heterocycles. The third-order valence-electron chi connectivity index (χ3n) is 4.77. The number of allylic oxidation sites excluding steroid dienone is 3. The van der Waals surface area contributed by atoms with Crippen molar-refractivity contribution in [3.8, 4) is 0 Å². The maximum Gasteiger partial charge on any atom is 0.115 e. The number of fused-ring (bicyclic) bond motifs is 1. The van der Waals surface area contributed by atoms with E-state index in [0.29, 0.717) is 5.56 Å². The molecule has 1 heterocycles. The molecular weight excluding hydrogens is 337 g/mol. The summed E-state index contributed by atoms with van der Waals surface area (Å²) in [6.07, 6.45) is 9.85. The number of nitrogens with one attached hydrogen (secondary N) is 1. The molecule has 2 aromatic rings. The molecule has 0 radical (unpaired) electrons. The molecule has 1 aliphatic heterocycles. The number of hydrogen-bond donors (Lipinski definition) is 1. The van der Waals surface area contributed by atoms with Crippen LogP contribution in [0.5, 0.6) is 0 Å². The van der Waals surface area contributed by atoms with Gasteiger partial charge in [0.05, 0.1) is 0 Å². The van der Waals surface area contributed by atoms with Crippen LogP contribution in [0.15, 0.2) is 65.7 Å². The first-order valence-electron chi connectivity index (χ1n) is 9.29. The molecule has 1 aliphatic rings. The first-order valence-corrected chi connectivity index (χ1v) is 9.29. The minimum Gasteiger partial charge on any atom is -0.388 e. The Balaban J connectivity index is 1.98. The summed E-state index contributed by atoms with van der Waals surface area (Å²) in [4.78, 5) is 6.25. The van der Waals surface area contributed by atoms with Crippen LogP contribution in [-0.4, -0.2) is 26.9 Å². The minimum absolute atomic E-state index is 0.436. The Labute approximate surface area is 160 Å². The van der Waals surface area contributed by atoms with Crippen molar-refractivity contribution in [2.75, 3.05) is 25.5 Å². The summed E-state index contributed by atoms with van der Waals surface area (Å²) in [5, 5.41) is 3.27. The average Bonchev–Trinajstić information content (AvgIpc) is 2.73. The van der Waals surface area contributed by atoms with Crippen molar-refractivity contribution in [1.82, 2.24) is 5.32 Å². The van der Waals surface area contributed by atoms with Crippen molar-refractivity contribution in [2.45, 2.75) is 19.5 Å². The molecule has 0 atom stereocenters. The van der Waals surface area contributed by atoms with Gasteiger partial charge in [-0.05, 0) is 59.9 Å². The Morgan fingerprint density at radius 2 is 2.11 bits per heavy atom. The van der Waals surface area contributed by atoms with Gasteiger partial charge in [0.15, 0.2) is 0 Å². The van der Waals surface area contributed by atoms with Gasteiger partial charge in [0.2, 0.25) is 0 Å². The molecule has 140 valence electrons. The highest BCUT2D eigenvalue weighted by Crippen LogP contribution is 2.35. The highest BCUT2D eigenvalue weighted by Gasteiger charge is 2.19. The maximum atomic E-state index is 13.1. The molecule has 0 aliphatic carbocycles. The molecule has 27 heavy (non-hydrogen) atoms. The van der Waals surface area contributed by atoms with Crippen molar-refractivity contribution in [1.29, 1.82) is 0 Å². The van der Waals surface area contributed by atoms with Gasteiger partial charge in [-0.15, -0.1) is 0 Å². The Morgan fingerprint density at radius 1 is 1.22 bits per heavy atom. The smallest absolute Gasteiger partial charge is 0.115 e. The molecule has 0 fully saturated rings. The van der Waals surface area contributed by atoms with E-state index in [1.807, 2.05) is 43.5 Å². The number of benzene rings is 2.